The molecule has 2 aliphatic rings. The lowest BCUT2D eigenvalue weighted by atomic mass is 9.80. The van der Waals surface area contributed by atoms with E-state index in [9.17, 15) is 0 Å². The molecule has 70 valence electrons. The Labute approximate surface area is 75.9 Å². The van der Waals surface area contributed by atoms with Gasteiger partial charge in [-0.15, -0.1) is 0 Å². The van der Waals surface area contributed by atoms with Crippen LogP contribution < -0.4 is 5.32 Å². The highest BCUT2D eigenvalue weighted by atomic mass is 14.9. The first-order chi connectivity index (χ1) is 5.77. The summed E-state index contributed by atoms with van der Waals surface area (Å²) < 4.78 is 0. The van der Waals surface area contributed by atoms with Crippen molar-refractivity contribution in [3.8, 4) is 0 Å². The minimum atomic E-state index is 0.899. The molecule has 0 aromatic heterocycles. The summed E-state index contributed by atoms with van der Waals surface area (Å²) in [5, 5.41) is 3.55. The molecule has 1 heterocycles. The second-order valence-corrected chi connectivity index (χ2v) is 5.05. The van der Waals surface area contributed by atoms with Crippen LogP contribution in [0, 0.1) is 23.7 Å². The van der Waals surface area contributed by atoms with E-state index in [0.717, 1.165) is 23.7 Å². The monoisotopic (exact) mass is 167 g/mol. The molecule has 0 amide bonds. The van der Waals surface area contributed by atoms with Crippen molar-refractivity contribution in [2.24, 2.45) is 23.7 Å². The van der Waals surface area contributed by atoms with Crippen LogP contribution in [0.5, 0.6) is 0 Å². The Balaban J connectivity index is 1.96. The average Bonchev–Trinajstić information content (AvgIpc) is 2.30. The molecular weight excluding hydrogens is 146 g/mol. The summed E-state index contributed by atoms with van der Waals surface area (Å²) in [4.78, 5) is 0. The molecule has 0 aromatic rings. The number of piperidine rings is 1. The zero-order valence-corrected chi connectivity index (χ0v) is 8.34. The Kier molecular flexibility index (Phi) is 2.40. The lowest BCUT2D eigenvalue weighted by molar-refractivity contribution is 0.210. The zero-order chi connectivity index (χ0) is 8.55. The third kappa shape index (κ3) is 1.52. The van der Waals surface area contributed by atoms with Gasteiger partial charge in [0.1, 0.15) is 0 Å². The molecule has 1 heteroatoms. The molecule has 0 aromatic carbocycles. The summed E-state index contributed by atoms with van der Waals surface area (Å²) in [5.74, 6) is 4.00. The van der Waals surface area contributed by atoms with Crippen LogP contribution in [0.3, 0.4) is 0 Å². The molecule has 2 atom stereocenters. The molecule has 2 unspecified atom stereocenters. The van der Waals surface area contributed by atoms with E-state index in [4.69, 9.17) is 0 Å². The second kappa shape index (κ2) is 3.37. The maximum atomic E-state index is 3.55. The van der Waals surface area contributed by atoms with Gasteiger partial charge in [-0.25, -0.2) is 0 Å². The minimum Gasteiger partial charge on any atom is -0.316 e. The maximum absolute atomic E-state index is 3.55. The van der Waals surface area contributed by atoms with Crippen molar-refractivity contribution in [1.82, 2.24) is 5.32 Å². The summed E-state index contributed by atoms with van der Waals surface area (Å²) >= 11 is 0. The summed E-state index contributed by atoms with van der Waals surface area (Å²) in [6.45, 7) is 7.32. The van der Waals surface area contributed by atoms with Crippen molar-refractivity contribution in [3.63, 3.8) is 0 Å². The van der Waals surface area contributed by atoms with Crippen LogP contribution in [0.4, 0.5) is 0 Å². The van der Waals surface area contributed by atoms with E-state index in [1.807, 2.05) is 0 Å². The third-order valence-electron chi connectivity index (χ3n) is 3.68. The van der Waals surface area contributed by atoms with Gasteiger partial charge >= 0.3 is 0 Å². The van der Waals surface area contributed by atoms with Crippen molar-refractivity contribution < 1.29 is 0 Å². The molecule has 0 radical (unpaired) electrons. The van der Waals surface area contributed by atoms with Crippen LogP contribution in [0.2, 0.25) is 0 Å². The van der Waals surface area contributed by atoms with E-state index >= 15 is 0 Å². The van der Waals surface area contributed by atoms with Crippen LogP contribution in [-0.2, 0) is 0 Å². The molecule has 1 saturated carbocycles. The molecule has 1 saturated heterocycles. The Morgan fingerprint density at radius 3 is 2.25 bits per heavy atom. The molecular formula is C11H21N. The second-order valence-electron chi connectivity index (χ2n) is 5.05. The van der Waals surface area contributed by atoms with E-state index in [0.29, 0.717) is 0 Å². The molecule has 1 aliphatic heterocycles. The average molecular weight is 167 g/mol. The van der Waals surface area contributed by atoms with Gasteiger partial charge in [0.05, 0.1) is 0 Å². The summed E-state index contributed by atoms with van der Waals surface area (Å²) in [5.41, 5.74) is 0. The topological polar surface area (TPSA) is 12.0 Å². The van der Waals surface area contributed by atoms with Gasteiger partial charge in [0.25, 0.3) is 0 Å². The highest BCUT2D eigenvalue weighted by Crippen LogP contribution is 2.42. The van der Waals surface area contributed by atoms with Gasteiger partial charge in [0, 0.05) is 0 Å². The predicted molar refractivity (Wildman–Crippen MR) is 52.0 cm³/mol. The standard InChI is InChI=1S/C11H21N/c1-8(2)5-11-9-3-4-10(11)7-12-6-9/h8-12H,3-7H2,1-2H3. The number of hydrogen-bond acceptors (Lipinski definition) is 1. The van der Waals surface area contributed by atoms with E-state index in [1.165, 1.54) is 32.4 Å². The van der Waals surface area contributed by atoms with Crippen molar-refractivity contribution in [3.05, 3.63) is 0 Å². The minimum absolute atomic E-state index is 0.899. The zero-order valence-electron chi connectivity index (χ0n) is 8.34. The molecule has 1 nitrogen and oxygen atoms in total. The molecule has 2 fully saturated rings. The first kappa shape index (κ1) is 8.55. The summed E-state index contributed by atoms with van der Waals surface area (Å²) in [7, 11) is 0. The van der Waals surface area contributed by atoms with Crippen molar-refractivity contribution in [1.29, 1.82) is 0 Å². The van der Waals surface area contributed by atoms with Crippen LogP contribution >= 0.6 is 0 Å². The largest absolute Gasteiger partial charge is 0.316 e. The van der Waals surface area contributed by atoms with Gasteiger partial charge < -0.3 is 5.32 Å². The Morgan fingerprint density at radius 1 is 1.17 bits per heavy atom. The Hall–Kier alpha value is -0.0400. The molecule has 2 bridgehead atoms. The fourth-order valence-corrected chi connectivity index (χ4v) is 3.13. The smallest absolute Gasteiger partial charge is 0.00176 e. The lowest BCUT2D eigenvalue weighted by Gasteiger charge is -2.31. The van der Waals surface area contributed by atoms with Crippen molar-refractivity contribution in [2.45, 2.75) is 33.1 Å². The first-order valence-corrected chi connectivity index (χ1v) is 5.48. The van der Waals surface area contributed by atoms with Crippen LogP contribution in [0.25, 0.3) is 0 Å². The quantitative estimate of drug-likeness (QED) is 0.665. The molecule has 1 aliphatic carbocycles. The van der Waals surface area contributed by atoms with Gasteiger partial charge in [-0.1, -0.05) is 13.8 Å². The third-order valence-corrected chi connectivity index (χ3v) is 3.68. The van der Waals surface area contributed by atoms with Gasteiger partial charge in [0.2, 0.25) is 0 Å². The molecule has 0 spiro atoms. The summed E-state index contributed by atoms with van der Waals surface area (Å²) in [6.07, 6.45) is 4.46. The molecule has 2 rings (SSSR count). The molecule has 12 heavy (non-hydrogen) atoms. The highest BCUT2D eigenvalue weighted by Gasteiger charge is 2.38. The van der Waals surface area contributed by atoms with E-state index in [1.54, 1.807) is 0 Å². The number of rotatable bonds is 2. The SMILES string of the molecule is CC(C)CC1C2CCC1CNC2. The first-order valence-electron chi connectivity index (χ1n) is 5.48. The highest BCUT2D eigenvalue weighted by molar-refractivity contribution is 4.91. The maximum Gasteiger partial charge on any atom is -0.00176 e. The van der Waals surface area contributed by atoms with Gasteiger partial charge in [-0.3, -0.25) is 0 Å². The van der Waals surface area contributed by atoms with Crippen molar-refractivity contribution in [2.75, 3.05) is 13.1 Å². The number of fused-ring (bicyclic) bond motifs is 2. The lowest BCUT2D eigenvalue weighted by Crippen LogP contribution is -2.38. The normalized spacial score (nSPS) is 40.8. The fourth-order valence-electron chi connectivity index (χ4n) is 3.13. The van der Waals surface area contributed by atoms with Gasteiger partial charge in [-0.2, -0.15) is 0 Å². The van der Waals surface area contributed by atoms with Gasteiger partial charge in [0.15, 0.2) is 0 Å². The fraction of sp³-hybridized carbons (Fsp3) is 1.00. The van der Waals surface area contributed by atoms with Crippen LogP contribution in [-0.4, -0.2) is 13.1 Å². The van der Waals surface area contributed by atoms with Crippen LogP contribution in [0.15, 0.2) is 0 Å². The number of hydrogen-bond donors (Lipinski definition) is 1. The van der Waals surface area contributed by atoms with E-state index in [-0.39, 0.29) is 0 Å². The van der Waals surface area contributed by atoms with Crippen molar-refractivity contribution >= 4 is 0 Å². The number of nitrogens with one attached hydrogen (secondary N) is 1. The Morgan fingerprint density at radius 2 is 1.75 bits per heavy atom. The Bertz CT molecular complexity index is 137. The summed E-state index contributed by atoms with van der Waals surface area (Å²) in [6, 6.07) is 0. The predicted octanol–water partition coefficient (Wildman–Crippen LogP) is 2.28. The van der Waals surface area contributed by atoms with Gasteiger partial charge in [-0.05, 0) is 56.0 Å². The molecule has 1 N–H and O–H groups in total. The van der Waals surface area contributed by atoms with Crippen LogP contribution in [0.1, 0.15) is 33.1 Å². The van der Waals surface area contributed by atoms with E-state index in [2.05, 4.69) is 19.2 Å². The van der Waals surface area contributed by atoms with E-state index < -0.39 is 0 Å².